The summed E-state index contributed by atoms with van der Waals surface area (Å²) >= 11 is 7.46. The largest absolute Gasteiger partial charge is 0.497 e. The van der Waals surface area contributed by atoms with Crippen LogP contribution in [0.5, 0.6) is 11.5 Å². The summed E-state index contributed by atoms with van der Waals surface area (Å²) in [5, 5.41) is 3.61. The van der Waals surface area contributed by atoms with Crippen molar-refractivity contribution in [2.75, 3.05) is 24.8 Å². The number of amides is 1. The molecule has 8 heteroatoms. The predicted molar refractivity (Wildman–Crippen MR) is 96.2 cm³/mol. The highest BCUT2D eigenvalue weighted by Gasteiger charge is 2.10. The fraction of sp³-hybridized carbons (Fsp3) is 0.125. The molecule has 0 aliphatic carbocycles. The topological polar surface area (TPSA) is 86.5 Å². The van der Waals surface area contributed by atoms with Gasteiger partial charge in [0.1, 0.15) is 17.0 Å². The molecule has 0 aliphatic rings. The molecule has 0 bridgehead atoms. The average Bonchev–Trinajstić information content (AvgIpc) is 2.94. The Labute approximate surface area is 147 Å². The molecule has 1 aromatic heterocycles. The summed E-state index contributed by atoms with van der Waals surface area (Å²) in [5.74, 6) is 1.01. The van der Waals surface area contributed by atoms with E-state index in [9.17, 15) is 4.79 Å². The lowest BCUT2D eigenvalue weighted by atomic mass is 10.3. The van der Waals surface area contributed by atoms with Crippen molar-refractivity contribution >= 4 is 49.9 Å². The molecule has 0 saturated carbocycles. The zero-order valence-corrected chi connectivity index (χ0v) is 14.3. The van der Waals surface area contributed by atoms with Crippen LogP contribution in [0.3, 0.4) is 0 Å². The maximum Gasteiger partial charge on any atom is 0.262 e. The molecule has 2 aromatic carbocycles. The molecule has 0 unspecified atom stereocenters. The molecule has 0 atom stereocenters. The predicted octanol–water partition coefficient (Wildman–Crippen LogP) is 3.56. The van der Waals surface area contributed by atoms with Crippen LogP contribution >= 0.6 is 22.9 Å². The highest BCUT2D eigenvalue weighted by Crippen LogP contribution is 2.32. The summed E-state index contributed by atoms with van der Waals surface area (Å²) in [4.78, 5) is 16.2. The lowest BCUT2D eigenvalue weighted by molar-refractivity contribution is -0.118. The van der Waals surface area contributed by atoms with Crippen LogP contribution in [0.25, 0.3) is 10.2 Å². The molecule has 0 spiro atoms. The first-order valence-electron chi connectivity index (χ1n) is 6.97. The van der Waals surface area contributed by atoms with Crippen LogP contribution < -0.4 is 20.5 Å². The van der Waals surface area contributed by atoms with Crippen LogP contribution in [-0.4, -0.2) is 24.6 Å². The van der Waals surface area contributed by atoms with Gasteiger partial charge < -0.3 is 20.5 Å². The molecule has 3 aromatic rings. The van der Waals surface area contributed by atoms with Crippen LogP contribution in [0, 0.1) is 0 Å². The van der Waals surface area contributed by atoms with Crippen molar-refractivity contribution in [2.45, 2.75) is 0 Å². The number of carbonyl (C=O) groups excluding carboxylic acids is 1. The van der Waals surface area contributed by atoms with Gasteiger partial charge in [-0.3, -0.25) is 4.79 Å². The van der Waals surface area contributed by atoms with Crippen molar-refractivity contribution in [3.63, 3.8) is 0 Å². The Morgan fingerprint density at radius 2 is 2.00 bits per heavy atom. The fourth-order valence-corrected chi connectivity index (χ4v) is 3.21. The van der Waals surface area contributed by atoms with Gasteiger partial charge >= 0.3 is 0 Å². The number of nitrogen functional groups attached to an aromatic ring is 1. The van der Waals surface area contributed by atoms with Gasteiger partial charge in [-0.25, -0.2) is 4.98 Å². The number of methoxy groups -OCH3 is 1. The fourth-order valence-electron chi connectivity index (χ4n) is 2.10. The van der Waals surface area contributed by atoms with E-state index in [0.29, 0.717) is 27.1 Å². The number of carbonyl (C=O) groups is 1. The number of anilines is 2. The van der Waals surface area contributed by atoms with Crippen LogP contribution in [0.15, 0.2) is 36.4 Å². The first-order valence-corrected chi connectivity index (χ1v) is 8.17. The van der Waals surface area contributed by atoms with Crippen LogP contribution in [0.4, 0.5) is 10.8 Å². The maximum atomic E-state index is 12.0. The second-order valence-electron chi connectivity index (χ2n) is 4.87. The Bertz CT molecular complexity index is 880. The summed E-state index contributed by atoms with van der Waals surface area (Å²) in [5.41, 5.74) is 6.88. The number of halogens is 1. The Kier molecular flexibility index (Phi) is 4.73. The molecule has 1 amide bonds. The number of benzene rings is 2. The van der Waals surface area contributed by atoms with E-state index in [1.165, 1.54) is 11.3 Å². The Morgan fingerprint density at radius 3 is 2.71 bits per heavy atom. The minimum atomic E-state index is -0.293. The molecular weight excluding hydrogens is 350 g/mol. The van der Waals surface area contributed by atoms with E-state index < -0.39 is 0 Å². The summed E-state index contributed by atoms with van der Waals surface area (Å²) in [6.45, 7) is -0.118. The number of nitrogens with one attached hydrogen (secondary N) is 1. The molecular formula is C16H14ClN3O3S. The molecule has 0 saturated heterocycles. The summed E-state index contributed by atoms with van der Waals surface area (Å²) in [6, 6.07) is 10.4. The molecule has 0 aliphatic heterocycles. The molecule has 3 N–H and O–H groups in total. The number of hydrogen-bond donors (Lipinski definition) is 2. The molecule has 1 heterocycles. The molecule has 3 rings (SSSR count). The summed E-state index contributed by atoms with van der Waals surface area (Å²) < 4.78 is 11.3. The highest BCUT2D eigenvalue weighted by molar-refractivity contribution is 7.22. The first kappa shape index (κ1) is 16.4. The SMILES string of the molecule is COc1ccc(OCC(=O)Nc2cc(Cl)c3nc(N)sc3c2)cc1. The van der Waals surface area contributed by atoms with Crippen LogP contribution in [-0.2, 0) is 4.79 Å². The number of rotatable bonds is 5. The van der Waals surface area contributed by atoms with E-state index >= 15 is 0 Å². The van der Waals surface area contributed by atoms with Crippen molar-refractivity contribution in [3.05, 3.63) is 41.4 Å². The molecule has 124 valence electrons. The minimum Gasteiger partial charge on any atom is -0.497 e. The van der Waals surface area contributed by atoms with Crippen molar-refractivity contribution < 1.29 is 14.3 Å². The van der Waals surface area contributed by atoms with Crippen LogP contribution in [0.2, 0.25) is 5.02 Å². The molecule has 24 heavy (non-hydrogen) atoms. The quantitative estimate of drug-likeness (QED) is 0.723. The number of aromatic nitrogens is 1. The van der Waals surface area contributed by atoms with Gasteiger partial charge in [-0.2, -0.15) is 0 Å². The van der Waals surface area contributed by atoms with Gasteiger partial charge in [0.15, 0.2) is 11.7 Å². The Balaban J connectivity index is 1.63. The maximum absolute atomic E-state index is 12.0. The van der Waals surface area contributed by atoms with E-state index in [1.54, 1.807) is 43.5 Å². The smallest absolute Gasteiger partial charge is 0.262 e. The van der Waals surface area contributed by atoms with Gasteiger partial charge in [-0.1, -0.05) is 22.9 Å². The second-order valence-corrected chi connectivity index (χ2v) is 6.34. The number of hydrogen-bond acceptors (Lipinski definition) is 6. The van der Waals surface area contributed by atoms with Gasteiger partial charge in [-0.05, 0) is 36.4 Å². The third-order valence-corrected chi connectivity index (χ3v) is 4.30. The van der Waals surface area contributed by atoms with Crippen LogP contribution in [0.1, 0.15) is 0 Å². The van der Waals surface area contributed by atoms with Gasteiger partial charge in [0.2, 0.25) is 0 Å². The Hall–Kier alpha value is -2.51. The summed E-state index contributed by atoms with van der Waals surface area (Å²) in [6.07, 6.45) is 0. The van der Waals surface area contributed by atoms with Crippen molar-refractivity contribution in [2.24, 2.45) is 0 Å². The zero-order chi connectivity index (χ0) is 17.1. The first-order chi connectivity index (χ1) is 11.5. The number of ether oxygens (including phenoxy) is 2. The number of nitrogens with two attached hydrogens (primary N) is 1. The van der Waals surface area contributed by atoms with Gasteiger partial charge in [0, 0.05) is 5.69 Å². The minimum absolute atomic E-state index is 0.118. The third kappa shape index (κ3) is 3.69. The second kappa shape index (κ2) is 6.94. The van der Waals surface area contributed by atoms with Gasteiger partial charge in [0.25, 0.3) is 5.91 Å². The van der Waals surface area contributed by atoms with Crippen molar-refractivity contribution in [1.29, 1.82) is 0 Å². The monoisotopic (exact) mass is 363 g/mol. The normalized spacial score (nSPS) is 10.6. The van der Waals surface area contributed by atoms with E-state index in [0.717, 1.165) is 10.4 Å². The lowest BCUT2D eigenvalue weighted by Crippen LogP contribution is -2.20. The van der Waals surface area contributed by atoms with E-state index in [4.69, 9.17) is 26.8 Å². The van der Waals surface area contributed by atoms with E-state index in [1.807, 2.05) is 0 Å². The molecule has 6 nitrogen and oxygen atoms in total. The zero-order valence-electron chi connectivity index (χ0n) is 12.7. The number of nitrogens with zero attached hydrogens (tertiary/aromatic N) is 1. The van der Waals surface area contributed by atoms with E-state index in [2.05, 4.69) is 10.3 Å². The molecule has 0 radical (unpaired) electrons. The number of fused-ring (bicyclic) bond motifs is 1. The van der Waals surface area contributed by atoms with E-state index in [-0.39, 0.29) is 12.5 Å². The molecule has 0 fully saturated rings. The van der Waals surface area contributed by atoms with Crippen molar-refractivity contribution in [3.8, 4) is 11.5 Å². The van der Waals surface area contributed by atoms with Gasteiger partial charge in [0.05, 0.1) is 16.8 Å². The number of thiazole rings is 1. The Morgan fingerprint density at radius 1 is 1.29 bits per heavy atom. The average molecular weight is 364 g/mol. The van der Waals surface area contributed by atoms with Gasteiger partial charge in [-0.15, -0.1) is 0 Å². The highest BCUT2D eigenvalue weighted by atomic mass is 35.5. The third-order valence-electron chi connectivity index (χ3n) is 3.18. The van der Waals surface area contributed by atoms with Crippen molar-refractivity contribution in [1.82, 2.24) is 4.98 Å². The standard InChI is InChI=1S/C16H14ClN3O3S/c1-22-10-2-4-11(5-3-10)23-8-14(21)19-9-6-12(17)15-13(7-9)24-16(18)20-15/h2-7H,8H2,1H3,(H2,18,20)(H,19,21). The summed E-state index contributed by atoms with van der Waals surface area (Å²) in [7, 11) is 1.59. The lowest BCUT2D eigenvalue weighted by Gasteiger charge is -2.08.